The highest BCUT2D eigenvalue weighted by Crippen LogP contribution is 2.11. The molecule has 0 heterocycles. The fourth-order valence-electron chi connectivity index (χ4n) is 1.48. The molecule has 0 aromatic heterocycles. The van der Waals surface area contributed by atoms with Gasteiger partial charge in [0.2, 0.25) is 0 Å². The van der Waals surface area contributed by atoms with Crippen molar-refractivity contribution in [2.75, 3.05) is 0 Å². The Bertz CT molecular complexity index is 733. The minimum Gasteiger partial charge on any atom is -0.370 e. The molecule has 0 fully saturated rings. The van der Waals surface area contributed by atoms with Crippen molar-refractivity contribution in [3.05, 3.63) is 59.7 Å². The van der Waals surface area contributed by atoms with Gasteiger partial charge in [0.05, 0.1) is 10.6 Å². The molecule has 6 nitrogen and oxygen atoms in total. The number of hydrogen-bond donors (Lipinski definition) is 3. The maximum Gasteiger partial charge on any atom is 0.294 e. The lowest BCUT2D eigenvalue weighted by molar-refractivity contribution is 0.483. The third-order valence-electron chi connectivity index (χ3n) is 2.61. The van der Waals surface area contributed by atoms with Crippen molar-refractivity contribution in [1.82, 2.24) is 0 Å². The lowest BCUT2D eigenvalue weighted by Crippen LogP contribution is -2.21. The van der Waals surface area contributed by atoms with E-state index < -0.39 is 10.1 Å². The highest BCUT2D eigenvalue weighted by Gasteiger charge is 2.06. The Labute approximate surface area is 130 Å². The summed E-state index contributed by atoms with van der Waals surface area (Å²) >= 11 is 0. The second-order valence-electron chi connectivity index (χ2n) is 4.66. The van der Waals surface area contributed by atoms with Gasteiger partial charge in [-0.3, -0.25) is 4.55 Å². The van der Waals surface area contributed by atoms with Crippen LogP contribution in [0, 0.1) is 13.8 Å². The zero-order valence-corrected chi connectivity index (χ0v) is 13.2. The molecule has 2 aromatic carbocycles. The molecule has 0 unspecified atom stereocenters. The van der Waals surface area contributed by atoms with E-state index in [9.17, 15) is 8.42 Å². The number of nitrogens with two attached hydrogens (primary N) is 2. The molecule has 118 valence electrons. The SMILES string of the molecule is Cc1ccc(N=C(N)N)cc1.Cc1ccc(S(=O)(=O)O)cc1. The van der Waals surface area contributed by atoms with Crippen LogP contribution in [-0.4, -0.2) is 18.9 Å². The summed E-state index contributed by atoms with van der Waals surface area (Å²) in [6.07, 6.45) is 0. The van der Waals surface area contributed by atoms with Crippen LogP contribution < -0.4 is 11.5 Å². The number of rotatable bonds is 2. The number of aliphatic imine (C=N–C) groups is 1. The van der Waals surface area contributed by atoms with Crippen LogP contribution >= 0.6 is 0 Å². The minimum atomic E-state index is -4.02. The molecule has 0 saturated carbocycles. The largest absolute Gasteiger partial charge is 0.370 e. The third-order valence-corrected chi connectivity index (χ3v) is 3.48. The average molecular weight is 321 g/mol. The van der Waals surface area contributed by atoms with Crippen LogP contribution in [0.25, 0.3) is 0 Å². The van der Waals surface area contributed by atoms with E-state index in [1.165, 1.54) is 17.7 Å². The van der Waals surface area contributed by atoms with Crippen molar-refractivity contribution in [2.45, 2.75) is 18.7 Å². The van der Waals surface area contributed by atoms with Crippen LogP contribution in [0.1, 0.15) is 11.1 Å². The van der Waals surface area contributed by atoms with Gasteiger partial charge in [0.15, 0.2) is 5.96 Å². The highest BCUT2D eigenvalue weighted by atomic mass is 32.2. The lowest BCUT2D eigenvalue weighted by atomic mass is 10.2. The summed E-state index contributed by atoms with van der Waals surface area (Å²) in [7, 11) is -4.02. The predicted molar refractivity (Wildman–Crippen MR) is 87.6 cm³/mol. The number of hydrogen-bond acceptors (Lipinski definition) is 3. The monoisotopic (exact) mass is 321 g/mol. The lowest BCUT2D eigenvalue weighted by Gasteiger charge is -1.95. The van der Waals surface area contributed by atoms with Gasteiger partial charge in [-0.05, 0) is 38.1 Å². The Morgan fingerprint density at radius 3 is 1.68 bits per heavy atom. The van der Waals surface area contributed by atoms with E-state index in [-0.39, 0.29) is 10.9 Å². The minimum absolute atomic E-state index is 0.0666. The van der Waals surface area contributed by atoms with Crippen molar-refractivity contribution >= 4 is 21.8 Å². The first-order valence-electron chi connectivity index (χ1n) is 6.39. The number of guanidine groups is 1. The van der Waals surface area contributed by atoms with Crippen molar-refractivity contribution in [1.29, 1.82) is 0 Å². The predicted octanol–water partition coefficient (Wildman–Crippen LogP) is 2.14. The third kappa shape index (κ3) is 6.38. The van der Waals surface area contributed by atoms with Crippen molar-refractivity contribution in [2.24, 2.45) is 16.5 Å². The van der Waals surface area contributed by atoms with Crippen LogP contribution in [0.15, 0.2) is 58.4 Å². The van der Waals surface area contributed by atoms with Gasteiger partial charge >= 0.3 is 0 Å². The fraction of sp³-hybridized carbons (Fsp3) is 0.133. The van der Waals surface area contributed by atoms with Gasteiger partial charge in [-0.1, -0.05) is 35.4 Å². The molecule has 0 aliphatic heterocycles. The van der Waals surface area contributed by atoms with E-state index in [2.05, 4.69) is 4.99 Å². The first-order valence-corrected chi connectivity index (χ1v) is 7.83. The summed E-state index contributed by atoms with van der Waals surface area (Å²) in [5.41, 5.74) is 13.3. The quantitative estimate of drug-likeness (QED) is 0.445. The first-order chi connectivity index (χ1) is 10.2. The van der Waals surface area contributed by atoms with Gasteiger partial charge in [0.1, 0.15) is 0 Å². The molecule has 2 aromatic rings. The van der Waals surface area contributed by atoms with Crippen LogP contribution in [-0.2, 0) is 10.1 Å². The van der Waals surface area contributed by atoms with E-state index in [0.29, 0.717) is 0 Å². The van der Waals surface area contributed by atoms with Crippen LogP contribution in [0.3, 0.4) is 0 Å². The average Bonchev–Trinajstić information content (AvgIpc) is 2.41. The molecule has 0 aliphatic carbocycles. The fourth-order valence-corrected chi connectivity index (χ4v) is 1.96. The van der Waals surface area contributed by atoms with Crippen molar-refractivity contribution in [3.8, 4) is 0 Å². The summed E-state index contributed by atoms with van der Waals surface area (Å²) in [5.74, 6) is 0.0915. The molecule has 2 rings (SSSR count). The number of benzene rings is 2. The zero-order chi connectivity index (χ0) is 16.8. The van der Waals surface area contributed by atoms with Gasteiger partial charge in [0.25, 0.3) is 10.1 Å². The van der Waals surface area contributed by atoms with E-state index in [4.69, 9.17) is 16.0 Å². The number of nitrogens with zero attached hydrogens (tertiary/aromatic N) is 1. The summed E-state index contributed by atoms with van der Waals surface area (Å²) in [6.45, 7) is 3.85. The smallest absolute Gasteiger partial charge is 0.294 e. The van der Waals surface area contributed by atoms with Gasteiger partial charge in [-0.25, -0.2) is 4.99 Å². The van der Waals surface area contributed by atoms with Gasteiger partial charge in [-0.15, -0.1) is 0 Å². The summed E-state index contributed by atoms with van der Waals surface area (Å²) in [6, 6.07) is 13.6. The van der Waals surface area contributed by atoms with Crippen molar-refractivity contribution < 1.29 is 13.0 Å². The summed E-state index contributed by atoms with van der Waals surface area (Å²) in [5, 5.41) is 0. The maximum absolute atomic E-state index is 10.5. The van der Waals surface area contributed by atoms with Crippen LogP contribution in [0.5, 0.6) is 0 Å². The molecule has 22 heavy (non-hydrogen) atoms. The zero-order valence-electron chi connectivity index (χ0n) is 12.4. The molecule has 0 saturated heterocycles. The Morgan fingerprint density at radius 2 is 1.32 bits per heavy atom. The van der Waals surface area contributed by atoms with Crippen molar-refractivity contribution in [3.63, 3.8) is 0 Å². The van der Waals surface area contributed by atoms with Crippen LogP contribution in [0.2, 0.25) is 0 Å². The van der Waals surface area contributed by atoms with Gasteiger partial charge in [0, 0.05) is 0 Å². The first kappa shape index (κ1) is 17.7. The number of aryl methyl sites for hydroxylation is 2. The van der Waals surface area contributed by atoms with Gasteiger partial charge in [-0.2, -0.15) is 8.42 Å². The van der Waals surface area contributed by atoms with E-state index in [1.807, 2.05) is 38.1 Å². The Morgan fingerprint density at radius 1 is 0.909 bits per heavy atom. The van der Waals surface area contributed by atoms with E-state index in [0.717, 1.165) is 11.3 Å². The molecule has 0 spiro atoms. The molecule has 0 atom stereocenters. The molecule has 7 heteroatoms. The standard InChI is InChI=1S/C8H11N3.C7H8O3S/c1-6-2-4-7(5-3-6)11-8(9)10;1-6-2-4-7(5-3-6)11(8,9)10/h2-5H,1H3,(H4,9,10,11);2-5H,1H3,(H,8,9,10). The Balaban J connectivity index is 0.000000220. The van der Waals surface area contributed by atoms with Crippen LogP contribution in [0.4, 0.5) is 5.69 Å². The molecule has 0 amide bonds. The summed E-state index contributed by atoms with van der Waals surface area (Å²) in [4.78, 5) is 3.81. The molecular weight excluding hydrogens is 302 g/mol. The molecule has 5 N–H and O–H groups in total. The Kier molecular flexibility index (Phi) is 6.09. The normalized spacial score (nSPS) is 10.3. The van der Waals surface area contributed by atoms with E-state index >= 15 is 0 Å². The maximum atomic E-state index is 10.5. The Hall–Kier alpha value is -2.38. The van der Waals surface area contributed by atoms with E-state index in [1.54, 1.807) is 12.1 Å². The second-order valence-corrected chi connectivity index (χ2v) is 6.08. The van der Waals surface area contributed by atoms with Gasteiger partial charge < -0.3 is 11.5 Å². The summed E-state index contributed by atoms with van der Waals surface area (Å²) < 4.78 is 29.6. The molecule has 0 bridgehead atoms. The second kappa shape index (κ2) is 7.58. The molecule has 0 radical (unpaired) electrons. The topological polar surface area (TPSA) is 119 Å². The molecule has 0 aliphatic rings. The molecular formula is C15H19N3O3S. The highest BCUT2D eigenvalue weighted by molar-refractivity contribution is 7.85.